The summed E-state index contributed by atoms with van der Waals surface area (Å²) in [7, 11) is 2.00. The van der Waals surface area contributed by atoms with Crippen LogP contribution in [0.1, 0.15) is 20.0 Å². The van der Waals surface area contributed by atoms with Gasteiger partial charge in [-0.05, 0) is 42.8 Å². The molecule has 1 aromatic carbocycles. The van der Waals surface area contributed by atoms with E-state index in [1.54, 1.807) is 23.5 Å². The van der Waals surface area contributed by atoms with Gasteiger partial charge in [0.1, 0.15) is 11.6 Å². The summed E-state index contributed by atoms with van der Waals surface area (Å²) in [5, 5.41) is 11.1. The Bertz CT molecular complexity index is 1200. The molecule has 0 amide bonds. The fourth-order valence-electron chi connectivity index (χ4n) is 3.86. The molecular weight excluding hydrogens is 425 g/mol. The molecule has 1 aliphatic heterocycles. The molecule has 0 atom stereocenters. The third kappa shape index (κ3) is 4.05. The Hall–Kier alpha value is -3.04. The molecule has 1 saturated heterocycles. The van der Waals surface area contributed by atoms with E-state index in [-0.39, 0.29) is 13.2 Å². The summed E-state index contributed by atoms with van der Waals surface area (Å²) in [5.41, 5.74) is 3.53. The van der Waals surface area contributed by atoms with Crippen LogP contribution < -0.4 is 15.1 Å². The topological polar surface area (TPSA) is 61.6 Å². The second-order valence-electron chi connectivity index (χ2n) is 7.52. The van der Waals surface area contributed by atoms with Crippen LogP contribution in [-0.2, 0) is 6.42 Å². The fourth-order valence-corrected chi connectivity index (χ4v) is 4.66. The number of nitrogens with zero attached hydrogens (tertiary/aromatic N) is 6. The van der Waals surface area contributed by atoms with E-state index in [0.29, 0.717) is 0 Å². The van der Waals surface area contributed by atoms with E-state index < -0.39 is 0 Å². The molecule has 1 N–H and O–H groups in total. The molecule has 4 aromatic rings. The SMILES string of the molecule is C.CCc1nc2ccc(N3CCNCC3)nn2c1N(C)c1nc(-c2ccc(F)cc2)cs1. The van der Waals surface area contributed by atoms with Crippen molar-refractivity contribution in [2.45, 2.75) is 20.8 Å². The second kappa shape index (κ2) is 9.22. The van der Waals surface area contributed by atoms with E-state index in [4.69, 9.17) is 15.1 Å². The third-order valence-electron chi connectivity index (χ3n) is 5.52. The van der Waals surface area contributed by atoms with Gasteiger partial charge in [0.2, 0.25) is 0 Å². The number of nitrogens with one attached hydrogen (secondary N) is 1. The lowest BCUT2D eigenvalue weighted by molar-refractivity contribution is 0.581. The number of fused-ring (bicyclic) bond motifs is 1. The molecule has 0 aliphatic carbocycles. The number of piperazine rings is 1. The molecule has 168 valence electrons. The fraction of sp³-hybridized carbons (Fsp3) is 0.348. The minimum Gasteiger partial charge on any atom is -0.353 e. The molecule has 7 nitrogen and oxygen atoms in total. The van der Waals surface area contributed by atoms with E-state index >= 15 is 0 Å². The minimum absolute atomic E-state index is 0. The summed E-state index contributed by atoms with van der Waals surface area (Å²) < 4.78 is 15.2. The van der Waals surface area contributed by atoms with Crippen LogP contribution in [0.15, 0.2) is 41.8 Å². The largest absolute Gasteiger partial charge is 0.353 e. The third-order valence-corrected chi connectivity index (χ3v) is 6.44. The van der Waals surface area contributed by atoms with E-state index in [1.807, 2.05) is 34.0 Å². The molecule has 9 heteroatoms. The molecular formula is C23H28FN7S. The molecule has 1 fully saturated rings. The normalized spacial score (nSPS) is 13.9. The maximum Gasteiger partial charge on any atom is 0.191 e. The summed E-state index contributed by atoms with van der Waals surface area (Å²) in [6.45, 7) is 5.89. The van der Waals surface area contributed by atoms with Crippen LogP contribution in [0.2, 0.25) is 0 Å². The molecule has 4 heterocycles. The van der Waals surface area contributed by atoms with Crippen LogP contribution in [0, 0.1) is 5.82 Å². The lowest BCUT2D eigenvalue weighted by atomic mass is 10.2. The number of thiazole rings is 1. The van der Waals surface area contributed by atoms with Crippen molar-refractivity contribution < 1.29 is 4.39 Å². The molecule has 0 unspecified atom stereocenters. The van der Waals surface area contributed by atoms with E-state index in [0.717, 1.165) is 72.0 Å². The first-order chi connectivity index (χ1) is 15.1. The number of halogens is 1. The Morgan fingerprint density at radius 1 is 1.09 bits per heavy atom. The van der Waals surface area contributed by atoms with Gasteiger partial charge in [-0.25, -0.2) is 14.4 Å². The highest BCUT2D eigenvalue weighted by Crippen LogP contribution is 2.33. The van der Waals surface area contributed by atoms with Crippen LogP contribution in [-0.4, -0.2) is 52.8 Å². The number of hydrogen-bond acceptors (Lipinski definition) is 7. The predicted molar refractivity (Wildman–Crippen MR) is 130 cm³/mol. The van der Waals surface area contributed by atoms with Gasteiger partial charge in [0.25, 0.3) is 0 Å². The molecule has 32 heavy (non-hydrogen) atoms. The quantitative estimate of drug-likeness (QED) is 0.484. The van der Waals surface area contributed by atoms with Crippen molar-refractivity contribution >= 4 is 33.8 Å². The van der Waals surface area contributed by atoms with Crippen LogP contribution in [0.3, 0.4) is 0 Å². The van der Waals surface area contributed by atoms with Gasteiger partial charge in [-0.2, -0.15) is 4.52 Å². The van der Waals surface area contributed by atoms with Gasteiger partial charge in [-0.15, -0.1) is 16.4 Å². The number of aryl methyl sites for hydroxylation is 1. The van der Waals surface area contributed by atoms with Crippen molar-refractivity contribution in [1.82, 2.24) is 24.9 Å². The Kier molecular flexibility index (Phi) is 6.38. The van der Waals surface area contributed by atoms with Gasteiger partial charge in [-0.1, -0.05) is 14.4 Å². The molecule has 0 radical (unpaired) electrons. The van der Waals surface area contributed by atoms with Crippen LogP contribution >= 0.6 is 11.3 Å². The average molecular weight is 454 g/mol. The minimum atomic E-state index is -0.249. The Balaban J connectivity index is 0.00000245. The monoisotopic (exact) mass is 453 g/mol. The number of imidazole rings is 1. The molecule has 3 aromatic heterocycles. The first-order valence-electron chi connectivity index (χ1n) is 10.4. The first kappa shape index (κ1) is 22.2. The summed E-state index contributed by atoms with van der Waals surface area (Å²) in [5.74, 6) is 1.63. The highest BCUT2D eigenvalue weighted by Gasteiger charge is 2.21. The number of anilines is 3. The van der Waals surface area contributed by atoms with E-state index in [2.05, 4.69) is 17.1 Å². The predicted octanol–water partition coefficient (Wildman–Crippen LogP) is 4.37. The maximum atomic E-state index is 13.3. The summed E-state index contributed by atoms with van der Waals surface area (Å²) in [4.78, 5) is 13.9. The lowest BCUT2D eigenvalue weighted by Crippen LogP contribution is -2.44. The Morgan fingerprint density at radius 2 is 1.84 bits per heavy atom. The van der Waals surface area contributed by atoms with E-state index in [1.165, 1.54) is 12.1 Å². The molecule has 5 rings (SSSR count). The zero-order chi connectivity index (χ0) is 21.4. The van der Waals surface area contributed by atoms with Crippen LogP contribution in [0.5, 0.6) is 0 Å². The first-order valence-corrected chi connectivity index (χ1v) is 11.3. The van der Waals surface area contributed by atoms with Gasteiger partial charge >= 0.3 is 0 Å². The zero-order valence-electron chi connectivity index (χ0n) is 17.5. The highest BCUT2D eigenvalue weighted by atomic mass is 32.1. The van der Waals surface area contributed by atoms with Crippen molar-refractivity contribution in [1.29, 1.82) is 0 Å². The molecule has 0 bridgehead atoms. The lowest BCUT2D eigenvalue weighted by Gasteiger charge is -2.28. The van der Waals surface area contributed by atoms with Gasteiger partial charge in [0.15, 0.2) is 16.6 Å². The number of hydrogen-bond donors (Lipinski definition) is 1. The van der Waals surface area contributed by atoms with E-state index in [9.17, 15) is 4.39 Å². The summed E-state index contributed by atoms with van der Waals surface area (Å²) in [6, 6.07) is 10.5. The van der Waals surface area contributed by atoms with Crippen molar-refractivity contribution in [2.24, 2.45) is 0 Å². The summed E-state index contributed by atoms with van der Waals surface area (Å²) in [6.07, 6.45) is 0.794. The maximum absolute atomic E-state index is 13.3. The standard InChI is InChI=1S/C22H24FN7S.CH4/c1-3-17-21(28(2)22-26-18(14-31-22)15-4-6-16(23)7-5-15)30-19(25-17)8-9-20(27-30)29-12-10-24-11-13-29;/h4-9,14,24H,3,10-13H2,1-2H3;1H4. The van der Waals surface area contributed by atoms with Crippen molar-refractivity contribution in [3.05, 3.63) is 53.3 Å². The second-order valence-corrected chi connectivity index (χ2v) is 8.35. The zero-order valence-corrected chi connectivity index (χ0v) is 18.4. The Morgan fingerprint density at radius 3 is 2.56 bits per heavy atom. The van der Waals surface area contributed by atoms with Crippen molar-refractivity contribution in [3.8, 4) is 11.3 Å². The average Bonchev–Trinajstić information content (AvgIpc) is 3.44. The molecule has 0 spiro atoms. The number of aromatic nitrogens is 4. The van der Waals surface area contributed by atoms with Crippen molar-refractivity contribution in [3.63, 3.8) is 0 Å². The van der Waals surface area contributed by atoms with Gasteiger partial charge in [0, 0.05) is 44.2 Å². The van der Waals surface area contributed by atoms with Gasteiger partial charge < -0.3 is 15.1 Å². The van der Waals surface area contributed by atoms with Gasteiger partial charge in [0.05, 0.1) is 11.4 Å². The summed E-state index contributed by atoms with van der Waals surface area (Å²) >= 11 is 1.55. The molecule has 1 aliphatic rings. The molecule has 0 saturated carbocycles. The highest BCUT2D eigenvalue weighted by molar-refractivity contribution is 7.14. The van der Waals surface area contributed by atoms with Gasteiger partial charge in [-0.3, -0.25) is 0 Å². The van der Waals surface area contributed by atoms with Crippen molar-refractivity contribution in [2.75, 3.05) is 43.0 Å². The Labute approximate surface area is 191 Å². The number of rotatable bonds is 5. The van der Waals surface area contributed by atoms with Crippen LogP contribution in [0.25, 0.3) is 16.9 Å². The smallest absolute Gasteiger partial charge is 0.191 e. The van der Waals surface area contributed by atoms with Crippen LogP contribution in [0.4, 0.5) is 21.2 Å². The number of benzene rings is 1.